The summed E-state index contributed by atoms with van der Waals surface area (Å²) < 4.78 is 16.7. The summed E-state index contributed by atoms with van der Waals surface area (Å²) in [6.07, 6.45) is 0.0843. The number of hydrogen-bond acceptors (Lipinski definition) is 4. The Morgan fingerprint density at radius 2 is 1.43 bits per heavy atom. The summed E-state index contributed by atoms with van der Waals surface area (Å²) in [4.78, 5) is 0. The Kier molecular flexibility index (Phi) is 6.34. The zero-order chi connectivity index (χ0) is 16.0. The molecule has 0 aromatic heterocycles. The van der Waals surface area contributed by atoms with Gasteiger partial charge in [-0.15, -0.1) is 0 Å². The Labute approximate surface area is 128 Å². The maximum Gasteiger partial charge on any atom is 0.127 e. The van der Waals surface area contributed by atoms with Crippen molar-refractivity contribution >= 4 is 0 Å². The normalized spacial score (nSPS) is 13.1. The van der Waals surface area contributed by atoms with Gasteiger partial charge in [0, 0.05) is 30.3 Å². The first-order valence-electron chi connectivity index (χ1n) is 7.40. The van der Waals surface area contributed by atoms with Gasteiger partial charge in [-0.05, 0) is 26.7 Å². The zero-order valence-electron chi connectivity index (χ0n) is 14.3. The molecular formula is C17H29NO3. The van der Waals surface area contributed by atoms with Crippen molar-refractivity contribution in [1.29, 1.82) is 0 Å². The van der Waals surface area contributed by atoms with Crippen LogP contribution in [0.4, 0.5) is 0 Å². The maximum absolute atomic E-state index is 6.13. The molecule has 120 valence electrons. The van der Waals surface area contributed by atoms with E-state index in [-0.39, 0.29) is 11.6 Å². The molecule has 0 amide bonds. The minimum Gasteiger partial charge on any atom is -0.496 e. The van der Waals surface area contributed by atoms with E-state index in [4.69, 9.17) is 14.2 Å². The van der Waals surface area contributed by atoms with E-state index in [9.17, 15) is 0 Å². The molecule has 0 radical (unpaired) electrons. The molecule has 1 N–H and O–H groups in total. The lowest BCUT2D eigenvalue weighted by atomic mass is 10.0. The molecule has 21 heavy (non-hydrogen) atoms. The van der Waals surface area contributed by atoms with E-state index in [0.717, 1.165) is 23.8 Å². The minimum absolute atomic E-state index is 0.0720. The van der Waals surface area contributed by atoms with Gasteiger partial charge in [0.25, 0.3) is 0 Å². The smallest absolute Gasteiger partial charge is 0.127 e. The molecule has 1 unspecified atom stereocenters. The lowest BCUT2D eigenvalue weighted by Crippen LogP contribution is -2.44. The molecule has 0 fully saturated rings. The lowest BCUT2D eigenvalue weighted by molar-refractivity contribution is 0.139. The first-order chi connectivity index (χ1) is 9.75. The minimum atomic E-state index is 0.0720. The van der Waals surface area contributed by atoms with Crippen molar-refractivity contribution < 1.29 is 14.2 Å². The van der Waals surface area contributed by atoms with Crippen molar-refractivity contribution in [2.75, 3.05) is 20.8 Å². The van der Waals surface area contributed by atoms with Gasteiger partial charge in [0.2, 0.25) is 0 Å². The van der Waals surface area contributed by atoms with Crippen molar-refractivity contribution in [1.82, 2.24) is 5.32 Å². The van der Waals surface area contributed by atoms with Gasteiger partial charge < -0.3 is 19.5 Å². The molecule has 0 bridgehead atoms. The van der Waals surface area contributed by atoms with Crippen LogP contribution in [0.1, 0.15) is 34.6 Å². The summed E-state index contributed by atoms with van der Waals surface area (Å²) in [5, 5.41) is 3.49. The van der Waals surface area contributed by atoms with Gasteiger partial charge in [0.05, 0.1) is 14.2 Å². The third-order valence-electron chi connectivity index (χ3n) is 3.19. The second kappa shape index (κ2) is 7.55. The molecule has 0 saturated carbocycles. The number of nitrogens with one attached hydrogen (secondary N) is 1. The molecule has 1 atom stereocenters. The molecule has 4 nitrogen and oxygen atoms in total. The van der Waals surface area contributed by atoms with Crippen molar-refractivity contribution in [3.05, 3.63) is 18.2 Å². The molecule has 4 heteroatoms. The number of hydrogen-bond donors (Lipinski definition) is 1. The molecular weight excluding hydrogens is 266 g/mol. The molecule has 1 aromatic rings. The zero-order valence-corrected chi connectivity index (χ0v) is 14.3. The highest BCUT2D eigenvalue weighted by atomic mass is 16.5. The van der Waals surface area contributed by atoms with Crippen LogP contribution in [0.2, 0.25) is 0 Å². The van der Waals surface area contributed by atoms with Crippen molar-refractivity contribution in [3.8, 4) is 17.2 Å². The average Bonchev–Trinajstić information content (AvgIpc) is 2.41. The van der Waals surface area contributed by atoms with E-state index in [2.05, 4.69) is 39.9 Å². The van der Waals surface area contributed by atoms with Crippen LogP contribution >= 0.6 is 0 Å². The van der Waals surface area contributed by atoms with Crippen LogP contribution in [0.15, 0.2) is 18.2 Å². The Hall–Kier alpha value is -1.42. The molecule has 0 aliphatic carbocycles. The molecule has 0 spiro atoms. The summed E-state index contributed by atoms with van der Waals surface area (Å²) in [5.41, 5.74) is 0.0720. The van der Waals surface area contributed by atoms with E-state index in [1.807, 2.05) is 18.2 Å². The van der Waals surface area contributed by atoms with E-state index >= 15 is 0 Å². The number of methoxy groups -OCH3 is 2. The van der Waals surface area contributed by atoms with E-state index in [0.29, 0.717) is 5.92 Å². The van der Waals surface area contributed by atoms with Gasteiger partial charge >= 0.3 is 0 Å². The fourth-order valence-electron chi connectivity index (χ4n) is 1.84. The van der Waals surface area contributed by atoms with E-state index in [1.54, 1.807) is 14.2 Å². The number of rotatable bonds is 7. The summed E-state index contributed by atoms with van der Waals surface area (Å²) in [7, 11) is 3.28. The molecule has 0 aliphatic heterocycles. The Balaban J connectivity index is 2.83. The highest BCUT2D eigenvalue weighted by molar-refractivity contribution is 5.42. The topological polar surface area (TPSA) is 39.7 Å². The third-order valence-corrected chi connectivity index (χ3v) is 3.19. The summed E-state index contributed by atoms with van der Waals surface area (Å²) in [6.45, 7) is 11.6. The number of benzene rings is 1. The fourth-order valence-corrected chi connectivity index (χ4v) is 1.84. The Morgan fingerprint density at radius 1 is 0.952 bits per heavy atom. The van der Waals surface area contributed by atoms with Crippen molar-refractivity contribution in [3.63, 3.8) is 0 Å². The molecule has 0 heterocycles. The monoisotopic (exact) mass is 295 g/mol. The maximum atomic E-state index is 6.13. The van der Waals surface area contributed by atoms with Gasteiger partial charge in [0.1, 0.15) is 23.4 Å². The summed E-state index contributed by atoms with van der Waals surface area (Å²) >= 11 is 0. The first kappa shape index (κ1) is 17.6. The second-order valence-electron chi connectivity index (χ2n) is 6.58. The molecule has 1 rings (SSSR count). The van der Waals surface area contributed by atoms with Crippen LogP contribution in [-0.4, -0.2) is 32.4 Å². The van der Waals surface area contributed by atoms with E-state index in [1.165, 1.54) is 0 Å². The predicted molar refractivity (Wildman–Crippen MR) is 86.6 cm³/mol. The van der Waals surface area contributed by atoms with Gasteiger partial charge in [-0.25, -0.2) is 0 Å². The molecule has 1 aromatic carbocycles. The summed E-state index contributed by atoms with van der Waals surface area (Å²) in [6, 6.07) is 5.61. The first-order valence-corrected chi connectivity index (χ1v) is 7.40. The predicted octanol–water partition coefficient (Wildman–Crippen LogP) is 3.50. The third kappa shape index (κ3) is 6.25. The van der Waals surface area contributed by atoms with Crippen LogP contribution in [0, 0.1) is 5.92 Å². The standard InChI is InChI=1S/C17H29NO3/c1-12(2)16(11-18-17(3,4)5)21-15-9-13(19-6)8-14(10-15)20-7/h8-10,12,16,18H,11H2,1-7H3. The van der Waals surface area contributed by atoms with Gasteiger partial charge in [0.15, 0.2) is 0 Å². The van der Waals surface area contributed by atoms with Crippen LogP contribution in [0.3, 0.4) is 0 Å². The number of ether oxygens (including phenoxy) is 3. The Bertz CT molecular complexity index is 416. The van der Waals surface area contributed by atoms with Gasteiger partial charge in [-0.2, -0.15) is 0 Å². The average molecular weight is 295 g/mol. The van der Waals surface area contributed by atoms with Crippen LogP contribution in [0.25, 0.3) is 0 Å². The second-order valence-corrected chi connectivity index (χ2v) is 6.58. The quantitative estimate of drug-likeness (QED) is 0.836. The largest absolute Gasteiger partial charge is 0.496 e. The van der Waals surface area contributed by atoms with Crippen LogP contribution < -0.4 is 19.5 Å². The van der Waals surface area contributed by atoms with E-state index < -0.39 is 0 Å². The van der Waals surface area contributed by atoms with Crippen molar-refractivity contribution in [2.45, 2.75) is 46.3 Å². The summed E-state index contributed by atoms with van der Waals surface area (Å²) in [5.74, 6) is 2.63. The highest BCUT2D eigenvalue weighted by Crippen LogP contribution is 2.28. The molecule has 0 aliphatic rings. The lowest BCUT2D eigenvalue weighted by Gasteiger charge is -2.28. The van der Waals surface area contributed by atoms with Gasteiger partial charge in [-0.1, -0.05) is 13.8 Å². The molecule has 0 saturated heterocycles. The fraction of sp³-hybridized carbons (Fsp3) is 0.647. The SMILES string of the molecule is COc1cc(OC)cc(OC(CNC(C)(C)C)C(C)C)c1. The highest BCUT2D eigenvalue weighted by Gasteiger charge is 2.19. The Morgan fingerprint density at radius 3 is 1.81 bits per heavy atom. The van der Waals surface area contributed by atoms with Crippen molar-refractivity contribution in [2.24, 2.45) is 5.92 Å². The van der Waals surface area contributed by atoms with Crippen LogP contribution in [-0.2, 0) is 0 Å². The van der Waals surface area contributed by atoms with Gasteiger partial charge in [-0.3, -0.25) is 0 Å². The van der Waals surface area contributed by atoms with Crippen LogP contribution in [0.5, 0.6) is 17.2 Å².